The molecule has 2 aromatic rings. The Bertz CT molecular complexity index is 723. The van der Waals surface area contributed by atoms with Gasteiger partial charge in [-0.05, 0) is 74.9 Å². The second-order valence-corrected chi connectivity index (χ2v) is 7.07. The number of rotatable bonds is 10. The van der Waals surface area contributed by atoms with Crippen LogP contribution in [0.4, 0.5) is 0 Å². The molecule has 0 spiro atoms. The van der Waals surface area contributed by atoms with E-state index in [1.165, 1.54) is 5.56 Å². The number of hydrogen-bond donors (Lipinski definition) is 1. The summed E-state index contributed by atoms with van der Waals surface area (Å²) in [5.74, 6) is 1.88. The lowest BCUT2D eigenvalue weighted by atomic mass is 10.1. The van der Waals surface area contributed by atoms with Gasteiger partial charge in [-0.15, -0.1) is 0 Å². The molecule has 0 aliphatic carbocycles. The monoisotopic (exact) mass is 369 g/mol. The van der Waals surface area contributed by atoms with E-state index in [9.17, 15) is 4.79 Å². The van der Waals surface area contributed by atoms with E-state index < -0.39 is 0 Å². The maximum Gasteiger partial charge on any atom is 0.220 e. The van der Waals surface area contributed by atoms with Crippen LogP contribution in [0.5, 0.6) is 11.5 Å². The third kappa shape index (κ3) is 7.33. The minimum Gasteiger partial charge on any atom is -0.496 e. The van der Waals surface area contributed by atoms with Crippen LogP contribution in [0.25, 0.3) is 0 Å². The van der Waals surface area contributed by atoms with Crippen LogP contribution >= 0.6 is 0 Å². The number of nitrogens with one attached hydrogen (secondary N) is 1. The maximum atomic E-state index is 12.0. The fourth-order valence-corrected chi connectivity index (χ4v) is 2.97. The zero-order valence-corrected chi connectivity index (χ0v) is 16.9. The van der Waals surface area contributed by atoms with Crippen LogP contribution in [0, 0.1) is 6.92 Å². The number of ether oxygens (including phenoxy) is 2. The molecule has 4 heteroatoms. The van der Waals surface area contributed by atoms with Gasteiger partial charge in [-0.2, -0.15) is 0 Å². The molecule has 1 amide bonds. The first-order valence-corrected chi connectivity index (χ1v) is 9.63. The Morgan fingerprint density at radius 3 is 2.37 bits per heavy atom. The molecule has 0 saturated heterocycles. The van der Waals surface area contributed by atoms with Crippen LogP contribution in [0.1, 0.15) is 43.4 Å². The minimum absolute atomic E-state index is 0.101. The number of carbonyl (C=O) groups is 1. The lowest BCUT2D eigenvalue weighted by Crippen LogP contribution is -2.25. The highest BCUT2D eigenvalue weighted by atomic mass is 16.5. The molecule has 0 atom stereocenters. The van der Waals surface area contributed by atoms with Gasteiger partial charge in [0.1, 0.15) is 11.5 Å². The summed E-state index contributed by atoms with van der Waals surface area (Å²) >= 11 is 0. The summed E-state index contributed by atoms with van der Waals surface area (Å²) in [6.45, 7) is 6.76. The normalized spacial score (nSPS) is 10.7. The fraction of sp³-hybridized carbons (Fsp3) is 0.435. The largest absolute Gasteiger partial charge is 0.496 e. The zero-order valence-electron chi connectivity index (χ0n) is 16.9. The molecule has 0 aliphatic heterocycles. The Labute approximate surface area is 162 Å². The van der Waals surface area contributed by atoms with Crippen molar-refractivity contribution >= 4 is 5.91 Å². The van der Waals surface area contributed by atoms with E-state index in [4.69, 9.17) is 9.47 Å². The Morgan fingerprint density at radius 2 is 1.74 bits per heavy atom. The van der Waals surface area contributed by atoms with E-state index in [0.717, 1.165) is 41.9 Å². The zero-order chi connectivity index (χ0) is 19.6. The van der Waals surface area contributed by atoms with Gasteiger partial charge < -0.3 is 14.8 Å². The third-order valence-corrected chi connectivity index (χ3v) is 4.36. The predicted molar refractivity (Wildman–Crippen MR) is 110 cm³/mol. The van der Waals surface area contributed by atoms with E-state index in [1.54, 1.807) is 7.11 Å². The summed E-state index contributed by atoms with van der Waals surface area (Å²) in [6, 6.07) is 14.2. The molecule has 27 heavy (non-hydrogen) atoms. The van der Waals surface area contributed by atoms with Gasteiger partial charge in [0, 0.05) is 13.0 Å². The molecule has 0 fully saturated rings. The SMILES string of the molecule is COc1ccc(CCC(=O)NCCCc2ccc(OC(C)C)cc2)cc1C. The molecule has 2 aromatic carbocycles. The number of carbonyl (C=O) groups excluding carboxylic acids is 1. The maximum absolute atomic E-state index is 12.0. The molecule has 0 aliphatic rings. The van der Waals surface area contributed by atoms with Crippen LogP contribution in [-0.2, 0) is 17.6 Å². The molecule has 146 valence electrons. The number of methoxy groups -OCH3 is 1. The van der Waals surface area contributed by atoms with Gasteiger partial charge in [0.15, 0.2) is 0 Å². The third-order valence-electron chi connectivity index (χ3n) is 4.36. The van der Waals surface area contributed by atoms with Crippen LogP contribution in [0.15, 0.2) is 42.5 Å². The number of amides is 1. The van der Waals surface area contributed by atoms with Crippen molar-refractivity contribution in [3.63, 3.8) is 0 Å². The van der Waals surface area contributed by atoms with E-state index in [2.05, 4.69) is 23.5 Å². The van der Waals surface area contributed by atoms with Gasteiger partial charge in [0.25, 0.3) is 0 Å². The lowest BCUT2D eigenvalue weighted by molar-refractivity contribution is -0.121. The smallest absolute Gasteiger partial charge is 0.220 e. The second-order valence-electron chi connectivity index (χ2n) is 7.07. The Hall–Kier alpha value is -2.49. The molecule has 0 unspecified atom stereocenters. The standard InChI is InChI=1S/C23H31NO3/c1-17(2)27-21-11-7-19(8-12-21)6-5-15-24-23(25)14-10-20-9-13-22(26-4)18(3)16-20/h7-9,11-13,16-17H,5-6,10,14-15H2,1-4H3,(H,24,25). The van der Waals surface area contributed by atoms with Crippen LogP contribution < -0.4 is 14.8 Å². The molecule has 4 nitrogen and oxygen atoms in total. The van der Waals surface area contributed by atoms with Gasteiger partial charge in [-0.3, -0.25) is 4.79 Å². The van der Waals surface area contributed by atoms with E-state index >= 15 is 0 Å². The summed E-state index contributed by atoms with van der Waals surface area (Å²) < 4.78 is 10.9. The van der Waals surface area contributed by atoms with Crippen molar-refractivity contribution in [1.82, 2.24) is 5.32 Å². The Balaban J connectivity index is 1.65. The molecule has 1 N–H and O–H groups in total. The molecular weight excluding hydrogens is 338 g/mol. The first-order chi connectivity index (χ1) is 13.0. The summed E-state index contributed by atoms with van der Waals surface area (Å²) in [5, 5.41) is 3.01. The Kier molecular flexibility index (Phi) is 8.18. The molecular formula is C23H31NO3. The summed E-state index contributed by atoms with van der Waals surface area (Å²) in [7, 11) is 1.67. The van der Waals surface area contributed by atoms with Crippen molar-refractivity contribution in [2.24, 2.45) is 0 Å². The van der Waals surface area contributed by atoms with E-state index in [0.29, 0.717) is 13.0 Å². The first kappa shape index (κ1) is 20.8. The average molecular weight is 370 g/mol. The van der Waals surface area contributed by atoms with E-state index in [-0.39, 0.29) is 12.0 Å². The topological polar surface area (TPSA) is 47.6 Å². The van der Waals surface area contributed by atoms with Crippen molar-refractivity contribution < 1.29 is 14.3 Å². The number of aryl methyl sites for hydroxylation is 3. The van der Waals surface area contributed by atoms with Crippen molar-refractivity contribution in [3.8, 4) is 11.5 Å². The molecule has 0 radical (unpaired) electrons. The van der Waals surface area contributed by atoms with Gasteiger partial charge in [-0.25, -0.2) is 0 Å². The molecule has 0 aromatic heterocycles. The summed E-state index contributed by atoms with van der Waals surface area (Å²) in [6.07, 6.45) is 3.31. The van der Waals surface area contributed by atoms with Gasteiger partial charge in [0.2, 0.25) is 5.91 Å². The van der Waals surface area contributed by atoms with Crippen molar-refractivity contribution in [3.05, 3.63) is 59.2 Å². The highest BCUT2D eigenvalue weighted by Gasteiger charge is 2.05. The van der Waals surface area contributed by atoms with Crippen molar-refractivity contribution in [2.75, 3.05) is 13.7 Å². The van der Waals surface area contributed by atoms with Gasteiger partial charge in [0.05, 0.1) is 13.2 Å². The lowest BCUT2D eigenvalue weighted by Gasteiger charge is -2.10. The predicted octanol–water partition coefficient (Wildman–Crippen LogP) is 4.47. The quantitative estimate of drug-likeness (QED) is 0.629. The molecule has 2 rings (SSSR count). The van der Waals surface area contributed by atoms with Crippen molar-refractivity contribution in [2.45, 2.75) is 52.6 Å². The first-order valence-electron chi connectivity index (χ1n) is 9.63. The number of hydrogen-bond acceptors (Lipinski definition) is 3. The summed E-state index contributed by atoms with van der Waals surface area (Å²) in [5.41, 5.74) is 3.52. The number of benzene rings is 2. The van der Waals surface area contributed by atoms with Gasteiger partial charge in [-0.1, -0.05) is 24.3 Å². The second kappa shape index (κ2) is 10.6. The highest BCUT2D eigenvalue weighted by molar-refractivity contribution is 5.76. The van der Waals surface area contributed by atoms with Crippen LogP contribution in [0.2, 0.25) is 0 Å². The van der Waals surface area contributed by atoms with E-state index in [1.807, 2.05) is 45.0 Å². The molecule has 0 saturated carbocycles. The Morgan fingerprint density at radius 1 is 1.04 bits per heavy atom. The van der Waals surface area contributed by atoms with Crippen molar-refractivity contribution in [1.29, 1.82) is 0 Å². The molecule has 0 bridgehead atoms. The fourth-order valence-electron chi connectivity index (χ4n) is 2.97. The van der Waals surface area contributed by atoms with Gasteiger partial charge >= 0.3 is 0 Å². The average Bonchev–Trinajstić information content (AvgIpc) is 2.64. The highest BCUT2D eigenvalue weighted by Crippen LogP contribution is 2.19. The summed E-state index contributed by atoms with van der Waals surface area (Å²) in [4.78, 5) is 12.0. The van der Waals surface area contributed by atoms with Crippen LogP contribution in [-0.4, -0.2) is 25.7 Å². The minimum atomic E-state index is 0.101. The molecule has 0 heterocycles. The van der Waals surface area contributed by atoms with Crippen LogP contribution in [0.3, 0.4) is 0 Å².